The van der Waals surface area contributed by atoms with Gasteiger partial charge in [0.2, 0.25) is 11.8 Å². The van der Waals surface area contributed by atoms with Crippen LogP contribution in [0, 0.1) is 5.92 Å². The molecule has 1 heterocycles. The average Bonchev–Trinajstić information content (AvgIpc) is 3.14. The molecule has 1 aromatic heterocycles. The predicted octanol–water partition coefficient (Wildman–Crippen LogP) is 3.68. The maximum absolute atomic E-state index is 12.8. The zero-order chi connectivity index (χ0) is 20.6. The molecule has 0 saturated heterocycles. The van der Waals surface area contributed by atoms with Gasteiger partial charge in [0.25, 0.3) is 0 Å². The van der Waals surface area contributed by atoms with Crippen molar-refractivity contribution in [3.05, 3.63) is 78.0 Å². The maximum Gasteiger partial charge on any atom is 0.243 e. The molecule has 150 valence electrons. The van der Waals surface area contributed by atoms with Crippen LogP contribution >= 0.6 is 0 Å². The summed E-state index contributed by atoms with van der Waals surface area (Å²) in [5, 5.41) is 6.86. The van der Waals surface area contributed by atoms with E-state index in [4.69, 9.17) is 0 Å². The zero-order valence-electron chi connectivity index (χ0n) is 16.8. The van der Waals surface area contributed by atoms with Gasteiger partial charge in [0.15, 0.2) is 0 Å². The molecule has 0 radical (unpaired) electrons. The lowest BCUT2D eigenvalue weighted by Gasteiger charge is -2.19. The lowest BCUT2D eigenvalue weighted by Crippen LogP contribution is -2.49. The number of benzene rings is 2. The number of hydrogen-bond acceptors (Lipinski definition) is 2. The monoisotopic (exact) mass is 389 g/mol. The van der Waals surface area contributed by atoms with Crippen molar-refractivity contribution < 1.29 is 9.59 Å². The lowest BCUT2D eigenvalue weighted by molar-refractivity contribution is -0.130. The van der Waals surface area contributed by atoms with E-state index in [1.807, 2.05) is 86.8 Å². The Balaban J connectivity index is 1.68. The fourth-order valence-corrected chi connectivity index (χ4v) is 3.11. The fourth-order valence-electron chi connectivity index (χ4n) is 3.11. The molecule has 0 bridgehead atoms. The second kappa shape index (κ2) is 9.73. The molecular weight excluding hydrogens is 362 g/mol. The summed E-state index contributed by atoms with van der Waals surface area (Å²) < 4.78 is 0. The lowest BCUT2D eigenvalue weighted by atomic mass is 10.0. The van der Waals surface area contributed by atoms with E-state index in [1.54, 1.807) is 0 Å². The highest BCUT2D eigenvalue weighted by Crippen LogP contribution is 2.19. The fraction of sp³-hybridized carbons (Fsp3) is 0.250. The first kappa shape index (κ1) is 20.4. The van der Waals surface area contributed by atoms with E-state index in [9.17, 15) is 9.59 Å². The van der Waals surface area contributed by atoms with Gasteiger partial charge in [-0.2, -0.15) is 0 Å². The van der Waals surface area contributed by atoms with E-state index in [-0.39, 0.29) is 17.7 Å². The number of rotatable bonds is 8. The molecule has 0 aliphatic carbocycles. The Morgan fingerprint density at radius 2 is 1.72 bits per heavy atom. The van der Waals surface area contributed by atoms with Crippen LogP contribution in [-0.2, 0) is 16.0 Å². The van der Waals surface area contributed by atoms with Crippen molar-refractivity contribution in [3.8, 4) is 0 Å². The zero-order valence-corrected chi connectivity index (χ0v) is 16.8. The molecule has 1 atom stereocenters. The van der Waals surface area contributed by atoms with Crippen LogP contribution in [0.15, 0.2) is 66.9 Å². The Morgan fingerprint density at radius 3 is 2.48 bits per heavy atom. The van der Waals surface area contributed by atoms with Crippen LogP contribution < -0.4 is 10.6 Å². The van der Waals surface area contributed by atoms with Gasteiger partial charge in [-0.15, -0.1) is 0 Å². The first-order chi connectivity index (χ1) is 14.0. The molecule has 0 aliphatic heterocycles. The minimum absolute atomic E-state index is 0.134. The van der Waals surface area contributed by atoms with Crippen LogP contribution in [0.3, 0.4) is 0 Å². The largest absolute Gasteiger partial charge is 0.361 e. The van der Waals surface area contributed by atoms with Crippen LogP contribution in [0.25, 0.3) is 17.0 Å². The summed E-state index contributed by atoms with van der Waals surface area (Å²) in [5.41, 5.74) is 3.09. The molecule has 3 aromatic rings. The maximum atomic E-state index is 12.8. The van der Waals surface area contributed by atoms with E-state index in [1.165, 1.54) is 0 Å². The van der Waals surface area contributed by atoms with E-state index in [2.05, 4.69) is 15.6 Å². The van der Waals surface area contributed by atoms with E-state index < -0.39 is 6.04 Å². The summed E-state index contributed by atoms with van der Waals surface area (Å²) >= 11 is 0. The number of carbonyl (C=O) groups excluding carboxylic acids is 2. The number of amides is 2. The minimum atomic E-state index is -0.630. The average molecular weight is 389 g/mol. The number of carbonyl (C=O) groups is 2. The van der Waals surface area contributed by atoms with Crippen molar-refractivity contribution in [1.29, 1.82) is 0 Å². The van der Waals surface area contributed by atoms with E-state index in [0.29, 0.717) is 13.0 Å². The summed E-state index contributed by atoms with van der Waals surface area (Å²) in [6.07, 6.45) is 6.19. The summed E-state index contributed by atoms with van der Waals surface area (Å²) in [4.78, 5) is 28.3. The third-order valence-electron chi connectivity index (χ3n) is 4.76. The van der Waals surface area contributed by atoms with E-state index in [0.717, 1.165) is 22.0 Å². The molecule has 5 heteroatoms. The van der Waals surface area contributed by atoms with E-state index >= 15 is 0 Å². The Kier molecular flexibility index (Phi) is 6.85. The van der Waals surface area contributed by atoms with Gasteiger partial charge in [0.05, 0.1) is 0 Å². The van der Waals surface area contributed by atoms with Gasteiger partial charge >= 0.3 is 0 Å². The molecule has 2 amide bonds. The second-order valence-electron chi connectivity index (χ2n) is 7.34. The Labute approximate surface area is 171 Å². The minimum Gasteiger partial charge on any atom is -0.361 e. The molecule has 29 heavy (non-hydrogen) atoms. The second-order valence-corrected chi connectivity index (χ2v) is 7.34. The van der Waals surface area contributed by atoms with Gasteiger partial charge < -0.3 is 15.6 Å². The van der Waals surface area contributed by atoms with Gasteiger partial charge in [0.1, 0.15) is 6.04 Å². The standard InChI is InChI=1S/C24H27N3O2/c1-17(2)23(28)27-22(15-19-16-26-21-13-7-6-12-20(19)21)24(29)25-14-8-11-18-9-4-3-5-10-18/h3-13,16-17,22,26H,14-15H2,1-2H3,(H,25,29)(H,27,28)/b11-8+. The third-order valence-corrected chi connectivity index (χ3v) is 4.76. The highest BCUT2D eigenvalue weighted by Gasteiger charge is 2.23. The number of H-pyrrole nitrogens is 1. The molecule has 2 aromatic carbocycles. The number of aromatic amines is 1. The van der Waals surface area contributed by atoms with Gasteiger partial charge in [-0.1, -0.05) is 74.5 Å². The molecule has 0 aliphatic rings. The van der Waals surface area contributed by atoms with Crippen LogP contribution in [0.4, 0.5) is 0 Å². The molecule has 1 unspecified atom stereocenters. The number of hydrogen-bond donors (Lipinski definition) is 3. The number of fused-ring (bicyclic) bond motifs is 1. The topological polar surface area (TPSA) is 74.0 Å². The van der Waals surface area contributed by atoms with Crippen molar-refractivity contribution >= 4 is 28.8 Å². The molecule has 0 saturated carbocycles. The highest BCUT2D eigenvalue weighted by atomic mass is 16.2. The van der Waals surface area contributed by atoms with Crippen molar-refractivity contribution in [3.63, 3.8) is 0 Å². The van der Waals surface area contributed by atoms with Gasteiger partial charge in [0, 0.05) is 36.0 Å². The molecular formula is C24H27N3O2. The van der Waals surface area contributed by atoms with Gasteiger partial charge in [-0.3, -0.25) is 9.59 Å². The number of nitrogens with one attached hydrogen (secondary N) is 3. The molecule has 3 N–H and O–H groups in total. The summed E-state index contributed by atoms with van der Waals surface area (Å²) in [5.74, 6) is -0.516. The first-order valence-electron chi connectivity index (χ1n) is 9.89. The SMILES string of the molecule is CC(C)C(=O)NC(Cc1c[nH]c2ccccc12)C(=O)NC/C=C/c1ccccc1. The molecule has 5 nitrogen and oxygen atoms in total. The van der Waals surface area contributed by atoms with Crippen molar-refractivity contribution in [2.24, 2.45) is 5.92 Å². The summed E-state index contributed by atoms with van der Waals surface area (Å²) in [6.45, 7) is 4.03. The first-order valence-corrected chi connectivity index (χ1v) is 9.89. The summed E-state index contributed by atoms with van der Waals surface area (Å²) in [7, 11) is 0. The van der Waals surface area contributed by atoms with Crippen molar-refractivity contribution in [2.75, 3.05) is 6.54 Å². The molecule has 0 spiro atoms. The van der Waals surface area contributed by atoms with Crippen LogP contribution in [-0.4, -0.2) is 29.4 Å². The van der Waals surface area contributed by atoms with Gasteiger partial charge in [-0.05, 0) is 17.2 Å². The smallest absolute Gasteiger partial charge is 0.243 e. The van der Waals surface area contributed by atoms with Crippen molar-refractivity contribution in [2.45, 2.75) is 26.3 Å². The molecule has 0 fully saturated rings. The summed E-state index contributed by atoms with van der Waals surface area (Å²) in [6, 6.07) is 17.2. The Bertz CT molecular complexity index is 990. The number of aromatic nitrogens is 1. The van der Waals surface area contributed by atoms with Crippen molar-refractivity contribution in [1.82, 2.24) is 15.6 Å². The number of para-hydroxylation sites is 1. The Hall–Kier alpha value is -3.34. The van der Waals surface area contributed by atoms with Crippen LogP contribution in [0.2, 0.25) is 0 Å². The van der Waals surface area contributed by atoms with Crippen LogP contribution in [0.5, 0.6) is 0 Å². The quantitative estimate of drug-likeness (QED) is 0.550. The Morgan fingerprint density at radius 1 is 1.00 bits per heavy atom. The normalized spacial score (nSPS) is 12.4. The third kappa shape index (κ3) is 5.57. The molecule has 3 rings (SSSR count). The van der Waals surface area contributed by atoms with Crippen LogP contribution in [0.1, 0.15) is 25.0 Å². The van der Waals surface area contributed by atoms with Gasteiger partial charge in [-0.25, -0.2) is 0 Å². The predicted molar refractivity (Wildman–Crippen MR) is 117 cm³/mol. The highest BCUT2D eigenvalue weighted by molar-refractivity contribution is 5.90.